The maximum atomic E-state index is 13.8. The number of hydrogen-bond donors (Lipinski definition) is 2. The highest BCUT2D eigenvalue weighted by atomic mass is 32.2. The number of amides is 1. The molecule has 2 atom stereocenters. The van der Waals surface area contributed by atoms with Crippen molar-refractivity contribution in [3.63, 3.8) is 0 Å². The molecule has 2 N–H and O–H groups in total. The highest BCUT2D eigenvalue weighted by Gasteiger charge is 2.43. The summed E-state index contributed by atoms with van der Waals surface area (Å²) >= 11 is 0.891. The Balaban J connectivity index is 1.59. The van der Waals surface area contributed by atoms with Crippen molar-refractivity contribution in [2.75, 3.05) is 31.5 Å². The van der Waals surface area contributed by atoms with Gasteiger partial charge in [0.2, 0.25) is 18.5 Å². The Morgan fingerprint density at radius 1 is 1.12 bits per heavy atom. The minimum Gasteiger partial charge on any atom is -0.454 e. The second-order valence-electron chi connectivity index (χ2n) is 7.41. The fraction of sp³-hybridized carbons (Fsp3) is 0.300. The predicted octanol–water partition coefficient (Wildman–Crippen LogP) is 1.75. The molecule has 9 nitrogen and oxygen atoms in total. The zero-order valence-electron chi connectivity index (χ0n) is 17.1. The van der Waals surface area contributed by atoms with E-state index in [-0.39, 0.29) is 29.6 Å². The number of nitrogens with one attached hydrogen (secondary N) is 2. The molecule has 0 spiro atoms. The molecule has 0 saturated carbocycles. The van der Waals surface area contributed by atoms with E-state index < -0.39 is 51.4 Å². The normalized spacial score (nSPS) is 18.3. The van der Waals surface area contributed by atoms with Crippen LogP contribution in [0.15, 0.2) is 38.9 Å². The fourth-order valence-corrected chi connectivity index (χ4v) is 4.29. The lowest BCUT2D eigenvalue weighted by Gasteiger charge is -2.25. The Bertz CT molecular complexity index is 1250. The summed E-state index contributed by atoms with van der Waals surface area (Å²) < 4.78 is 51.7. The average Bonchev–Trinajstić information content (AvgIpc) is 3.37. The number of anilines is 2. The molecule has 0 saturated heterocycles. The third-order valence-corrected chi connectivity index (χ3v) is 6.07. The molecule has 4 rings (SSSR count). The lowest BCUT2D eigenvalue weighted by molar-refractivity contribution is -0.144. The number of Topliss-reactive ketones (excluding diaryl/α,β-unsaturated/α-hetero) is 1. The first-order chi connectivity index (χ1) is 15.5. The first-order valence-electron chi connectivity index (χ1n) is 9.43. The second-order valence-corrected chi connectivity index (χ2v) is 8.39. The van der Waals surface area contributed by atoms with Crippen LogP contribution in [0, 0.1) is 0 Å². The van der Waals surface area contributed by atoms with Crippen LogP contribution in [0.5, 0.6) is 11.5 Å². The van der Waals surface area contributed by atoms with Gasteiger partial charge in [-0.2, -0.15) is 13.2 Å². The Hall–Kier alpha value is -3.48. The zero-order valence-corrected chi connectivity index (χ0v) is 17.9. The number of ketones is 1. The van der Waals surface area contributed by atoms with Crippen molar-refractivity contribution >= 4 is 34.8 Å². The number of carbonyl (C=O) groups excluding carboxylic acids is 2. The first-order valence-corrected chi connectivity index (χ1v) is 10.4. The molecule has 1 amide bonds. The van der Waals surface area contributed by atoms with Crippen molar-refractivity contribution in [1.29, 1.82) is 0 Å². The molecule has 13 heteroatoms. The molecule has 1 unspecified atom stereocenters. The van der Waals surface area contributed by atoms with Crippen LogP contribution in [-0.2, 0) is 9.59 Å². The zero-order chi connectivity index (χ0) is 24.1. The standard InChI is InChI=1S/C20H16F3N3O6S/c1-26(2)19(30)17-14(27)9(6-33-17)24-12-13(16(29)15(12)28)25-18(20(21,22)23)8-3-4-10-11(5-8)32-7-31-10/h3-6,17-18,24-25H,7H2,1-2H3/t17?,18-/m0/s1. The number of nitrogens with zero attached hydrogens (tertiary/aromatic N) is 1. The molecule has 174 valence electrons. The van der Waals surface area contributed by atoms with Gasteiger partial charge in [0.25, 0.3) is 10.9 Å². The molecule has 2 aromatic carbocycles. The molecule has 0 radical (unpaired) electrons. The number of carbonyl (C=O) groups is 2. The molecular formula is C20H16F3N3O6S. The predicted molar refractivity (Wildman–Crippen MR) is 113 cm³/mol. The van der Waals surface area contributed by atoms with Crippen LogP contribution in [0.4, 0.5) is 24.5 Å². The van der Waals surface area contributed by atoms with Crippen LogP contribution >= 0.6 is 11.8 Å². The summed E-state index contributed by atoms with van der Waals surface area (Å²) in [6, 6.07) is 1.25. The Morgan fingerprint density at radius 2 is 1.79 bits per heavy atom. The number of halogens is 3. The van der Waals surface area contributed by atoms with Crippen molar-refractivity contribution in [3.05, 3.63) is 55.3 Å². The number of benzene rings is 1. The molecule has 0 aromatic heterocycles. The Kier molecular flexibility index (Phi) is 5.60. The van der Waals surface area contributed by atoms with Gasteiger partial charge in [-0.05, 0) is 23.1 Å². The first kappa shape index (κ1) is 22.7. The maximum Gasteiger partial charge on any atom is 0.412 e. The largest absolute Gasteiger partial charge is 0.454 e. The molecule has 0 fully saturated rings. The molecule has 33 heavy (non-hydrogen) atoms. The van der Waals surface area contributed by atoms with Gasteiger partial charge in [-0.25, -0.2) is 0 Å². The molecule has 0 bridgehead atoms. The summed E-state index contributed by atoms with van der Waals surface area (Å²) in [7, 11) is 2.93. The second kappa shape index (κ2) is 8.14. The number of ether oxygens (including phenoxy) is 2. The fourth-order valence-electron chi connectivity index (χ4n) is 3.27. The van der Waals surface area contributed by atoms with E-state index in [4.69, 9.17) is 9.47 Å². The topological polar surface area (TPSA) is 114 Å². The average molecular weight is 483 g/mol. The van der Waals surface area contributed by atoms with Crippen molar-refractivity contribution in [1.82, 2.24) is 4.90 Å². The summed E-state index contributed by atoms with van der Waals surface area (Å²) in [6.07, 6.45) is -4.84. The minimum absolute atomic E-state index is 0.113. The van der Waals surface area contributed by atoms with Crippen molar-refractivity contribution in [2.45, 2.75) is 17.5 Å². The molecule has 0 aliphatic carbocycles. The van der Waals surface area contributed by atoms with Gasteiger partial charge in [0.1, 0.15) is 17.4 Å². The lowest BCUT2D eigenvalue weighted by atomic mass is 10.0. The smallest absolute Gasteiger partial charge is 0.412 e. The highest BCUT2D eigenvalue weighted by Crippen LogP contribution is 2.41. The van der Waals surface area contributed by atoms with Gasteiger partial charge in [-0.3, -0.25) is 19.2 Å². The monoisotopic (exact) mass is 483 g/mol. The van der Waals surface area contributed by atoms with Crippen molar-refractivity contribution in [2.24, 2.45) is 0 Å². The SMILES string of the molecule is CN(C)C(=O)C1SC=C(Nc2c(N[C@@H](c3ccc4c(c3)OCO4)C(F)(F)F)c(=O)c2=O)C1=O. The van der Waals surface area contributed by atoms with Gasteiger partial charge < -0.3 is 25.0 Å². The Morgan fingerprint density at radius 3 is 2.45 bits per heavy atom. The minimum atomic E-state index is -4.84. The van der Waals surface area contributed by atoms with Gasteiger partial charge in [-0.15, -0.1) is 11.8 Å². The number of hydrogen-bond acceptors (Lipinski definition) is 9. The van der Waals surface area contributed by atoms with E-state index in [0.717, 1.165) is 23.9 Å². The number of rotatable bonds is 6. The molecule has 2 aromatic rings. The van der Waals surface area contributed by atoms with E-state index in [1.165, 1.54) is 30.5 Å². The van der Waals surface area contributed by atoms with Crippen LogP contribution < -0.4 is 31.0 Å². The summed E-state index contributed by atoms with van der Waals surface area (Å²) in [6.45, 7) is -0.131. The van der Waals surface area contributed by atoms with E-state index in [0.29, 0.717) is 0 Å². The number of allylic oxidation sites excluding steroid dienone is 1. The number of alkyl halides is 3. The maximum absolute atomic E-state index is 13.8. The van der Waals surface area contributed by atoms with Crippen LogP contribution in [-0.4, -0.2) is 48.9 Å². The van der Waals surface area contributed by atoms with Gasteiger partial charge in [-0.1, -0.05) is 6.07 Å². The molecular weight excluding hydrogens is 467 g/mol. The molecule has 2 aliphatic rings. The van der Waals surface area contributed by atoms with E-state index >= 15 is 0 Å². The van der Waals surface area contributed by atoms with Gasteiger partial charge in [0.15, 0.2) is 16.7 Å². The van der Waals surface area contributed by atoms with Crippen LogP contribution in [0.1, 0.15) is 11.6 Å². The van der Waals surface area contributed by atoms with Crippen molar-refractivity contribution in [3.8, 4) is 11.5 Å². The molecule has 2 heterocycles. The third-order valence-electron chi connectivity index (χ3n) is 5.01. The van der Waals surface area contributed by atoms with E-state index in [2.05, 4.69) is 10.6 Å². The van der Waals surface area contributed by atoms with Gasteiger partial charge in [0.05, 0.1) is 5.70 Å². The summed E-state index contributed by atoms with van der Waals surface area (Å²) in [5.74, 6) is -0.744. The van der Waals surface area contributed by atoms with E-state index in [9.17, 15) is 32.3 Å². The van der Waals surface area contributed by atoms with E-state index in [1.54, 1.807) is 0 Å². The van der Waals surface area contributed by atoms with Crippen LogP contribution in [0.25, 0.3) is 0 Å². The Labute approximate surface area is 188 Å². The van der Waals surface area contributed by atoms with Crippen LogP contribution in [0.3, 0.4) is 0 Å². The number of fused-ring (bicyclic) bond motifs is 1. The number of thioether (sulfide) groups is 1. The van der Waals surface area contributed by atoms with Crippen molar-refractivity contribution < 1.29 is 32.2 Å². The van der Waals surface area contributed by atoms with Gasteiger partial charge in [0, 0.05) is 14.1 Å². The summed E-state index contributed by atoms with van der Waals surface area (Å²) in [5, 5.41) is 4.71. The van der Waals surface area contributed by atoms with E-state index in [1.807, 2.05) is 0 Å². The third kappa shape index (κ3) is 4.03. The molecule has 2 aliphatic heterocycles. The lowest BCUT2D eigenvalue weighted by Crippen LogP contribution is -2.41. The highest BCUT2D eigenvalue weighted by molar-refractivity contribution is 8.04. The van der Waals surface area contributed by atoms with Gasteiger partial charge >= 0.3 is 6.18 Å². The quantitative estimate of drug-likeness (QED) is 0.469. The summed E-state index contributed by atoms with van der Waals surface area (Å²) in [5.41, 5.74) is -3.76. The van der Waals surface area contributed by atoms with Crippen LogP contribution in [0.2, 0.25) is 0 Å². The summed E-state index contributed by atoms with van der Waals surface area (Å²) in [4.78, 5) is 49.9.